The predicted octanol–water partition coefficient (Wildman–Crippen LogP) is 5.42. The van der Waals surface area contributed by atoms with Crippen molar-refractivity contribution in [1.29, 1.82) is 0 Å². The topological polar surface area (TPSA) is 0 Å². The lowest BCUT2D eigenvalue weighted by Gasteiger charge is -2.22. The van der Waals surface area contributed by atoms with Crippen LogP contribution in [0.3, 0.4) is 0 Å². The first-order valence-corrected chi connectivity index (χ1v) is 7.70. The van der Waals surface area contributed by atoms with Gasteiger partial charge in [-0.2, -0.15) is 0 Å². The molecule has 2 fully saturated rings. The summed E-state index contributed by atoms with van der Waals surface area (Å²) in [6, 6.07) is 0. The molecule has 0 bridgehead atoms. The lowest BCUT2D eigenvalue weighted by Crippen LogP contribution is -2.10. The predicted molar refractivity (Wildman–Crippen MR) is 71.5 cm³/mol. The zero-order valence-electron chi connectivity index (χ0n) is 11.6. The summed E-state index contributed by atoms with van der Waals surface area (Å²) in [5, 5.41) is 0. The average molecular weight is 222 g/mol. The Labute approximate surface area is 102 Å². The fraction of sp³-hybridized carbons (Fsp3) is 1.00. The number of hydrogen-bond donors (Lipinski definition) is 0. The third-order valence-electron chi connectivity index (χ3n) is 5.23. The second kappa shape index (κ2) is 5.10. The normalized spacial score (nSPS) is 37.5. The number of hydrogen-bond acceptors (Lipinski definition) is 0. The Hall–Kier alpha value is 0. The molecule has 0 aromatic heterocycles. The van der Waals surface area contributed by atoms with Gasteiger partial charge in [-0.05, 0) is 48.9 Å². The SMILES string of the molecule is CCCCCC12CCCCC1C2CC(C)C. The number of fused-ring (bicyclic) bond motifs is 1. The van der Waals surface area contributed by atoms with E-state index in [2.05, 4.69) is 20.8 Å². The van der Waals surface area contributed by atoms with Gasteiger partial charge in [0.05, 0.1) is 0 Å². The highest BCUT2D eigenvalue weighted by molar-refractivity contribution is 5.11. The van der Waals surface area contributed by atoms with Crippen molar-refractivity contribution in [3.05, 3.63) is 0 Å². The monoisotopic (exact) mass is 222 g/mol. The standard InChI is InChI=1S/C16H30/c1-4-5-7-10-16-11-8-6-9-14(16)15(16)12-13(2)3/h13-15H,4-12H2,1-3H3. The highest BCUT2D eigenvalue weighted by atomic mass is 14.7. The third kappa shape index (κ3) is 2.31. The molecule has 0 spiro atoms. The zero-order valence-corrected chi connectivity index (χ0v) is 11.6. The molecule has 3 unspecified atom stereocenters. The van der Waals surface area contributed by atoms with Gasteiger partial charge in [-0.1, -0.05) is 52.9 Å². The van der Waals surface area contributed by atoms with Crippen molar-refractivity contribution in [2.24, 2.45) is 23.2 Å². The average Bonchev–Trinajstić information content (AvgIpc) is 2.87. The van der Waals surface area contributed by atoms with Crippen LogP contribution in [0.25, 0.3) is 0 Å². The summed E-state index contributed by atoms with van der Waals surface area (Å²) in [7, 11) is 0. The highest BCUT2D eigenvalue weighted by Gasteiger charge is 2.62. The molecule has 0 amide bonds. The largest absolute Gasteiger partial charge is 0.0654 e. The molecule has 2 saturated carbocycles. The van der Waals surface area contributed by atoms with Gasteiger partial charge in [-0.15, -0.1) is 0 Å². The highest BCUT2D eigenvalue weighted by Crippen LogP contribution is 2.70. The minimum atomic E-state index is 0.845. The van der Waals surface area contributed by atoms with Crippen LogP contribution >= 0.6 is 0 Å². The first kappa shape index (κ1) is 12.5. The van der Waals surface area contributed by atoms with E-state index in [1.807, 2.05) is 0 Å². The molecule has 0 nitrogen and oxygen atoms in total. The fourth-order valence-electron chi connectivity index (χ4n) is 4.46. The van der Waals surface area contributed by atoms with Crippen LogP contribution < -0.4 is 0 Å². The Bertz CT molecular complexity index is 218. The summed E-state index contributed by atoms with van der Waals surface area (Å²) in [6.45, 7) is 7.14. The molecule has 0 aromatic rings. The summed E-state index contributed by atoms with van der Waals surface area (Å²) in [6.07, 6.45) is 13.6. The van der Waals surface area contributed by atoms with Crippen LogP contribution in [0.15, 0.2) is 0 Å². The van der Waals surface area contributed by atoms with E-state index in [-0.39, 0.29) is 0 Å². The van der Waals surface area contributed by atoms with Crippen molar-refractivity contribution in [2.75, 3.05) is 0 Å². The smallest absolute Gasteiger partial charge is 0.0235 e. The summed E-state index contributed by atoms with van der Waals surface area (Å²) < 4.78 is 0. The van der Waals surface area contributed by atoms with Gasteiger partial charge in [0.15, 0.2) is 0 Å². The molecule has 2 aliphatic carbocycles. The first-order valence-electron chi connectivity index (χ1n) is 7.70. The van der Waals surface area contributed by atoms with E-state index < -0.39 is 0 Å². The molecule has 2 aliphatic rings. The maximum absolute atomic E-state index is 2.41. The van der Waals surface area contributed by atoms with E-state index in [1.165, 1.54) is 38.5 Å². The molecule has 0 radical (unpaired) electrons. The van der Waals surface area contributed by atoms with Gasteiger partial charge in [0, 0.05) is 0 Å². The van der Waals surface area contributed by atoms with E-state index in [4.69, 9.17) is 0 Å². The lowest BCUT2D eigenvalue weighted by atomic mass is 9.83. The van der Waals surface area contributed by atoms with Crippen LogP contribution in [0, 0.1) is 23.2 Å². The second-order valence-electron chi connectivity index (χ2n) is 6.78. The van der Waals surface area contributed by atoms with Crippen LogP contribution in [0.5, 0.6) is 0 Å². The molecular weight excluding hydrogens is 192 g/mol. The Kier molecular flexibility index (Phi) is 3.97. The van der Waals surface area contributed by atoms with Crippen molar-refractivity contribution in [3.8, 4) is 0 Å². The molecule has 0 heterocycles. The molecule has 16 heavy (non-hydrogen) atoms. The summed E-state index contributed by atoms with van der Waals surface area (Å²) >= 11 is 0. The van der Waals surface area contributed by atoms with Gasteiger partial charge in [0.1, 0.15) is 0 Å². The lowest BCUT2D eigenvalue weighted by molar-refractivity contribution is 0.291. The van der Waals surface area contributed by atoms with E-state index in [0.717, 1.165) is 23.2 Å². The van der Waals surface area contributed by atoms with Crippen molar-refractivity contribution in [2.45, 2.75) is 78.6 Å². The molecule has 2 rings (SSSR count). The molecule has 0 aliphatic heterocycles. The van der Waals surface area contributed by atoms with Gasteiger partial charge < -0.3 is 0 Å². The summed E-state index contributed by atoms with van der Waals surface area (Å²) in [4.78, 5) is 0. The minimum absolute atomic E-state index is 0.845. The maximum atomic E-state index is 2.41. The second-order valence-corrected chi connectivity index (χ2v) is 6.78. The quantitative estimate of drug-likeness (QED) is 0.526. The van der Waals surface area contributed by atoms with Crippen molar-refractivity contribution >= 4 is 0 Å². The molecular formula is C16H30. The maximum Gasteiger partial charge on any atom is -0.0235 e. The van der Waals surface area contributed by atoms with E-state index >= 15 is 0 Å². The summed E-state index contributed by atoms with van der Waals surface area (Å²) in [5.74, 6) is 3.17. The van der Waals surface area contributed by atoms with E-state index in [9.17, 15) is 0 Å². The Balaban J connectivity index is 1.88. The molecule has 94 valence electrons. The molecule has 0 aromatic carbocycles. The van der Waals surface area contributed by atoms with Gasteiger partial charge in [0.25, 0.3) is 0 Å². The minimum Gasteiger partial charge on any atom is -0.0654 e. The van der Waals surface area contributed by atoms with Gasteiger partial charge >= 0.3 is 0 Å². The first-order chi connectivity index (χ1) is 7.70. The molecule has 0 saturated heterocycles. The molecule has 0 N–H and O–H groups in total. The third-order valence-corrected chi connectivity index (χ3v) is 5.23. The van der Waals surface area contributed by atoms with Crippen LogP contribution in [-0.2, 0) is 0 Å². The molecule has 0 heteroatoms. The van der Waals surface area contributed by atoms with Crippen molar-refractivity contribution in [3.63, 3.8) is 0 Å². The summed E-state index contributed by atoms with van der Waals surface area (Å²) in [5.41, 5.74) is 0.845. The van der Waals surface area contributed by atoms with Crippen LogP contribution in [-0.4, -0.2) is 0 Å². The molecule has 3 atom stereocenters. The van der Waals surface area contributed by atoms with Gasteiger partial charge in [-0.3, -0.25) is 0 Å². The Morgan fingerprint density at radius 1 is 1.19 bits per heavy atom. The van der Waals surface area contributed by atoms with Crippen LogP contribution in [0.4, 0.5) is 0 Å². The Morgan fingerprint density at radius 3 is 2.69 bits per heavy atom. The van der Waals surface area contributed by atoms with E-state index in [1.54, 1.807) is 19.3 Å². The fourth-order valence-corrected chi connectivity index (χ4v) is 4.46. The van der Waals surface area contributed by atoms with Crippen LogP contribution in [0.2, 0.25) is 0 Å². The van der Waals surface area contributed by atoms with Crippen molar-refractivity contribution in [1.82, 2.24) is 0 Å². The Morgan fingerprint density at radius 2 is 2.00 bits per heavy atom. The van der Waals surface area contributed by atoms with Gasteiger partial charge in [0.2, 0.25) is 0 Å². The number of unbranched alkanes of at least 4 members (excludes halogenated alkanes) is 2. The van der Waals surface area contributed by atoms with E-state index in [0.29, 0.717) is 0 Å². The number of rotatable bonds is 6. The van der Waals surface area contributed by atoms with Gasteiger partial charge in [-0.25, -0.2) is 0 Å². The van der Waals surface area contributed by atoms with Crippen molar-refractivity contribution < 1.29 is 0 Å². The van der Waals surface area contributed by atoms with Crippen LogP contribution in [0.1, 0.15) is 78.6 Å². The zero-order chi connectivity index (χ0) is 11.6.